The van der Waals surface area contributed by atoms with Crippen LogP contribution in [0.3, 0.4) is 0 Å². The number of carbonyl (C=O) groups is 1. The molecule has 2 heterocycles. The first-order chi connectivity index (χ1) is 14.6. The Labute approximate surface area is 176 Å². The van der Waals surface area contributed by atoms with E-state index in [1.165, 1.54) is 11.3 Å². The zero-order chi connectivity index (χ0) is 20.9. The van der Waals surface area contributed by atoms with Crippen LogP contribution >= 0.6 is 0 Å². The van der Waals surface area contributed by atoms with E-state index in [1.807, 2.05) is 23.1 Å². The molecule has 0 saturated carbocycles. The molecule has 6 heteroatoms. The van der Waals surface area contributed by atoms with Crippen molar-refractivity contribution in [2.45, 2.75) is 6.92 Å². The molecular weight excluding hydrogens is 374 g/mol. The van der Waals surface area contributed by atoms with Gasteiger partial charge in [-0.1, -0.05) is 24.3 Å². The van der Waals surface area contributed by atoms with Crippen molar-refractivity contribution in [2.24, 2.45) is 0 Å². The maximum atomic E-state index is 13.0. The monoisotopic (exact) mass is 397 g/mol. The molecule has 1 fully saturated rings. The first kappa shape index (κ1) is 19.5. The summed E-state index contributed by atoms with van der Waals surface area (Å²) < 4.78 is 0. The average molecular weight is 397 g/mol. The van der Waals surface area contributed by atoms with E-state index in [2.05, 4.69) is 52.5 Å². The van der Waals surface area contributed by atoms with Gasteiger partial charge in [-0.05, 0) is 48.9 Å². The van der Waals surface area contributed by atoms with E-state index in [9.17, 15) is 10.1 Å². The summed E-state index contributed by atoms with van der Waals surface area (Å²) in [6, 6.07) is 21.4. The lowest BCUT2D eigenvalue weighted by Gasteiger charge is -2.36. The zero-order valence-electron chi connectivity index (χ0n) is 16.9. The number of amides is 1. The molecule has 30 heavy (non-hydrogen) atoms. The van der Waals surface area contributed by atoms with Crippen LogP contribution < -0.4 is 10.2 Å². The third kappa shape index (κ3) is 4.26. The van der Waals surface area contributed by atoms with Crippen LogP contribution in [0.2, 0.25) is 0 Å². The van der Waals surface area contributed by atoms with Gasteiger partial charge < -0.3 is 15.1 Å². The second-order valence-electron chi connectivity index (χ2n) is 7.33. The zero-order valence-corrected chi connectivity index (χ0v) is 16.9. The van der Waals surface area contributed by atoms with Gasteiger partial charge in [0.05, 0.1) is 11.3 Å². The Morgan fingerprint density at radius 2 is 1.83 bits per heavy atom. The van der Waals surface area contributed by atoms with Crippen LogP contribution in [-0.4, -0.2) is 42.0 Å². The van der Waals surface area contributed by atoms with Crippen LogP contribution in [0.5, 0.6) is 0 Å². The Balaban J connectivity index is 1.43. The third-order valence-electron chi connectivity index (χ3n) is 5.24. The van der Waals surface area contributed by atoms with E-state index in [-0.39, 0.29) is 5.91 Å². The molecule has 0 spiro atoms. The van der Waals surface area contributed by atoms with Crippen LogP contribution in [0.25, 0.3) is 0 Å². The second-order valence-corrected chi connectivity index (χ2v) is 7.33. The van der Waals surface area contributed by atoms with Gasteiger partial charge in [-0.15, -0.1) is 0 Å². The maximum absolute atomic E-state index is 13.0. The van der Waals surface area contributed by atoms with Crippen LogP contribution in [0.1, 0.15) is 21.6 Å². The number of hydrogen-bond donors (Lipinski definition) is 1. The van der Waals surface area contributed by atoms with Gasteiger partial charge >= 0.3 is 0 Å². The SMILES string of the molecule is Cc1cccc(N2CCN(C(=O)c3cc(Nc4ccccc4C#N)ccn3)CC2)c1. The number of aromatic nitrogens is 1. The molecule has 150 valence electrons. The Bertz CT molecular complexity index is 1100. The van der Waals surface area contributed by atoms with Gasteiger partial charge in [-0.3, -0.25) is 9.78 Å². The summed E-state index contributed by atoms with van der Waals surface area (Å²) in [6.45, 7) is 4.99. The molecule has 1 aliphatic rings. The number of benzene rings is 2. The van der Waals surface area contributed by atoms with Gasteiger partial charge in [0, 0.05) is 43.8 Å². The molecule has 1 N–H and O–H groups in total. The normalized spacial score (nSPS) is 13.6. The van der Waals surface area contributed by atoms with Crippen LogP contribution in [0.4, 0.5) is 17.1 Å². The minimum atomic E-state index is -0.0730. The molecule has 6 nitrogen and oxygen atoms in total. The van der Waals surface area contributed by atoms with E-state index in [0.717, 1.165) is 18.8 Å². The van der Waals surface area contributed by atoms with E-state index in [1.54, 1.807) is 24.4 Å². The molecular formula is C24H23N5O. The number of anilines is 3. The van der Waals surface area contributed by atoms with Crippen molar-refractivity contribution >= 4 is 23.0 Å². The van der Waals surface area contributed by atoms with Gasteiger partial charge in [0.15, 0.2) is 0 Å². The van der Waals surface area contributed by atoms with Crippen molar-refractivity contribution in [3.63, 3.8) is 0 Å². The smallest absolute Gasteiger partial charge is 0.272 e. The number of para-hydroxylation sites is 1. The maximum Gasteiger partial charge on any atom is 0.272 e. The van der Waals surface area contributed by atoms with Crippen molar-refractivity contribution in [2.75, 3.05) is 36.4 Å². The Hall–Kier alpha value is -3.85. The first-order valence-electron chi connectivity index (χ1n) is 9.97. The van der Waals surface area contributed by atoms with Gasteiger partial charge in [0.2, 0.25) is 0 Å². The van der Waals surface area contributed by atoms with Gasteiger partial charge in [-0.2, -0.15) is 5.26 Å². The second kappa shape index (κ2) is 8.66. The first-order valence-corrected chi connectivity index (χ1v) is 9.97. The summed E-state index contributed by atoms with van der Waals surface area (Å²) in [7, 11) is 0. The standard InChI is InChI=1S/C24H23N5O/c1-18-5-4-7-21(15-18)28-11-13-29(14-12-28)24(30)23-16-20(9-10-26-23)27-22-8-3-2-6-19(22)17-25/h2-10,15-16H,11-14H2,1H3,(H,26,27). The number of hydrogen-bond acceptors (Lipinski definition) is 5. The molecule has 1 saturated heterocycles. The summed E-state index contributed by atoms with van der Waals surface area (Å²) in [5.74, 6) is -0.0730. The van der Waals surface area contributed by atoms with E-state index in [4.69, 9.17) is 0 Å². The Morgan fingerprint density at radius 1 is 1.03 bits per heavy atom. The average Bonchev–Trinajstić information content (AvgIpc) is 2.79. The van der Waals surface area contributed by atoms with Crippen molar-refractivity contribution < 1.29 is 4.79 Å². The highest BCUT2D eigenvalue weighted by Crippen LogP contribution is 2.22. The predicted molar refractivity (Wildman–Crippen MR) is 118 cm³/mol. The summed E-state index contributed by atoms with van der Waals surface area (Å²) in [6.07, 6.45) is 1.62. The predicted octanol–water partition coefficient (Wildman–Crippen LogP) is 3.97. The van der Waals surface area contributed by atoms with Crippen LogP contribution in [-0.2, 0) is 0 Å². The van der Waals surface area contributed by atoms with Crippen LogP contribution in [0.15, 0.2) is 66.9 Å². The molecule has 0 aliphatic carbocycles. The Kier molecular flexibility index (Phi) is 5.62. The highest BCUT2D eigenvalue weighted by Gasteiger charge is 2.23. The molecule has 0 radical (unpaired) electrons. The van der Waals surface area contributed by atoms with Gasteiger partial charge in [0.25, 0.3) is 5.91 Å². The fourth-order valence-electron chi connectivity index (χ4n) is 3.62. The lowest BCUT2D eigenvalue weighted by atomic mass is 10.1. The fraction of sp³-hybridized carbons (Fsp3) is 0.208. The van der Waals surface area contributed by atoms with Crippen molar-refractivity contribution in [1.29, 1.82) is 5.26 Å². The number of nitrogens with one attached hydrogen (secondary N) is 1. The van der Waals surface area contributed by atoms with E-state index in [0.29, 0.717) is 30.0 Å². The van der Waals surface area contributed by atoms with E-state index < -0.39 is 0 Å². The highest BCUT2D eigenvalue weighted by atomic mass is 16.2. The number of nitrogens with zero attached hydrogens (tertiary/aromatic N) is 4. The number of aryl methyl sites for hydroxylation is 1. The number of piperazine rings is 1. The lowest BCUT2D eigenvalue weighted by molar-refractivity contribution is 0.0741. The number of nitriles is 1. The molecule has 2 aromatic carbocycles. The molecule has 1 aliphatic heterocycles. The highest BCUT2D eigenvalue weighted by molar-refractivity contribution is 5.93. The van der Waals surface area contributed by atoms with Crippen molar-refractivity contribution in [1.82, 2.24) is 9.88 Å². The summed E-state index contributed by atoms with van der Waals surface area (Å²) >= 11 is 0. The third-order valence-corrected chi connectivity index (χ3v) is 5.24. The molecule has 0 bridgehead atoms. The molecule has 1 aromatic heterocycles. The number of pyridine rings is 1. The fourth-order valence-corrected chi connectivity index (χ4v) is 3.62. The Morgan fingerprint density at radius 3 is 2.60 bits per heavy atom. The quantitative estimate of drug-likeness (QED) is 0.721. The van der Waals surface area contributed by atoms with E-state index >= 15 is 0 Å². The molecule has 4 rings (SSSR count). The largest absolute Gasteiger partial charge is 0.368 e. The van der Waals surface area contributed by atoms with Gasteiger partial charge in [0.1, 0.15) is 11.8 Å². The summed E-state index contributed by atoms with van der Waals surface area (Å²) in [5.41, 5.74) is 4.82. The molecule has 0 atom stereocenters. The minimum absolute atomic E-state index is 0.0730. The molecule has 3 aromatic rings. The molecule has 1 amide bonds. The lowest BCUT2D eigenvalue weighted by Crippen LogP contribution is -2.49. The number of carbonyl (C=O) groups excluding carboxylic acids is 1. The molecule has 0 unspecified atom stereocenters. The van der Waals surface area contributed by atoms with Crippen molar-refractivity contribution in [3.05, 3.63) is 83.7 Å². The van der Waals surface area contributed by atoms with Crippen molar-refractivity contribution in [3.8, 4) is 6.07 Å². The summed E-state index contributed by atoms with van der Waals surface area (Å²) in [4.78, 5) is 21.4. The topological polar surface area (TPSA) is 72.3 Å². The van der Waals surface area contributed by atoms with Crippen LogP contribution in [0, 0.1) is 18.3 Å². The van der Waals surface area contributed by atoms with Gasteiger partial charge in [-0.25, -0.2) is 0 Å². The minimum Gasteiger partial charge on any atom is -0.368 e. The summed E-state index contributed by atoms with van der Waals surface area (Å²) in [5, 5.41) is 12.5. The number of rotatable bonds is 4.